The molecule has 0 spiro atoms. The molecule has 2 N–H and O–H groups in total. The molecule has 1 aromatic rings. The van der Waals surface area contributed by atoms with Crippen LogP contribution in [0.4, 0.5) is 4.39 Å². The Labute approximate surface area is 128 Å². The molecule has 1 aromatic carbocycles. The van der Waals surface area contributed by atoms with Crippen molar-refractivity contribution in [1.29, 1.82) is 0 Å². The summed E-state index contributed by atoms with van der Waals surface area (Å²) in [5.41, 5.74) is 1.20. The van der Waals surface area contributed by atoms with Crippen molar-refractivity contribution in [2.24, 2.45) is 0 Å². The monoisotopic (exact) mass is 315 g/mol. The number of ether oxygens (including phenoxy) is 1. The summed E-state index contributed by atoms with van der Waals surface area (Å²) in [4.78, 5) is 0. The lowest BCUT2D eigenvalue weighted by molar-refractivity contribution is 0.191. The molecule has 0 radical (unpaired) electrons. The molecule has 1 aliphatic heterocycles. The summed E-state index contributed by atoms with van der Waals surface area (Å²) in [5.74, 6) is 0.181. The van der Waals surface area contributed by atoms with E-state index >= 15 is 0 Å². The molecule has 0 aromatic heterocycles. The zero-order chi connectivity index (χ0) is 15.8. The van der Waals surface area contributed by atoms with E-state index < -0.39 is 11.4 Å². The molecule has 3 atom stereocenters. The lowest BCUT2D eigenvalue weighted by Crippen LogP contribution is -2.49. The molecule has 4 nitrogen and oxygen atoms in total. The van der Waals surface area contributed by atoms with Crippen molar-refractivity contribution in [2.75, 3.05) is 0 Å². The fraction of sp³-hybridized carbons (Fsp3) is 0.600. The second kappa shape index (κ2) is 6.12. The van der Waals surface area contributed by atoms with Gasteiger partial charge in [-0.2, -0.15) is 0 Å². The molecule has 2 rings (SSSR count). The lowest BCUT2D eigenvalue weighted by Gasteiger charge is -2.28. The Morgan fingerprint density at radius 1 is 1.52 bits per heavy atom. The van der Waals surface area contributed by atoms with Crippen LogP contribution in [0.25, 0.3) is 0 Å². The molecular formula is C15H22FNO3S. The van der Waals surface area contributed by atoms with Crippen LogP contribution in [0.1, 0.15) is 38.8 Å². The number of aliphatic hydroxyl groups is 1. The summed E-state index contributed by atoms with van der Waals surface area (Å²) >= 11 is -1.19. The van der Waals surface area contributed by atoms with Crippen molar-refractivity contribution in [1.82, 2.24) is 4.72 Å². The minimum Gasteiger partial charge on any atom is -0.598 e. The van der Waals surface area contributed by atoms with Crippen LogP contribution in [0.2, 0.25) is 0 Å². The number of aliphatic hydroxyl groups excluding tert-OH is 1. The van der Waals surface area contributed by atoms with Gasteiger partial charge in [-0.25, -0.2) is 4.39 Å². The van der Waals surface area contributed by atoms with Crippen LogP contribution in [0, 0.1) is 5.82 Å². The van der Waals surface area contributed by atoms with Gasteiger partial charge in [0.05, 0.1) is 12.6 Å². The van der Waals surface area contributed by atoms with E-state index in [1.165, 1.54) is 12.1 Å². The van der Waals surface area contributed by atoms with E-state index in [1.54, 1.807) is 0 Å². The van der Waals surface area contributed by atoms with Gasteiger partial charge in [0.2, 0.25) is 0 Å². The first-order valence-electron chi connectivity index (χ1n) is 6.99. The van der Waals surface area contributed by atoms with Crippen molar-refractivity contribution in [3.05, 3.63) is 29.1 Å². The number of hydrogen-bond donors (Lipinski definition) is 2. The number of rotatable bonds is 4. The summed E-state index contributed by atoms with van der Waals surface area (Å²) in [6, 6.07) is 2.57. The van der Waals surface area contributed by atoms with Gasteiger partial charge >= 0.3 is 0 Å². The average molecular weight is 315 g/mol. The summed E-state index contributed by atoms with van der Waals surface area (Å²) in [7, 11) is 0. The van der Waals surface area contributed by atoms with Crippen LogP contribution in [0.5, 0.6) is 5.75 Å². The predicted molar refractivity (Wildman–Crippen MR) is 80.9 cm³/mol. The van der Waals surface area contributed by atoms with Crippen molar-refractivity contribution in [3.8, 4) is 5.75 Å². The second-order valence-electron chi connectivity index (χ2n) is 6.36. The molecule has 1 aliphatic rings. The Bertz CT molecular complexity index is 518. The third-order valence-corrected chi connectivity index (χ3v) is 5.17. The fourth-order valence-corrected chi connectivity index (χ4v) is 3.09. The van der Waals surface area contributed by atoms with Crippen LogP contribution >= 0.6 is 0 Å². The van der Waals surface area contributed by atoms with Crippen LogP contribution in [0.3, 0.4) is 0 Å². The molecule has 0 saturated heterocycles. The summed E-state index contributed by atoms with van der Waals surface area (Å²) in [5, 5.41) is 9.29. The van der Waals surface area contributed by atoms with Gasteiger partial charge in [0, 0.05) is 28.9 Å². The maximum atomic E-state index is 13.5. The Kier molecular flexibility index (Phi) is 4.82. The van der Waals surface area contributed by atoms with Crippen LogP contribution < -0.4 is 9.46 Å². The Morgan fingerprint density at radius 2 is 2.19 bits per heavy atom. The molecular weight excluding hydrogens is 293 g/mol. The number of hydrogen-bond acceptors (Lipinski definition) is 4. The van der Waals surface area contributed by atoms with E-state index in [1.807, 2.05) is 27.7 Å². The van der Waals surface area contributed by atoms with Gasteiger partial charge in [-0.15, -0.1) is 4.72 Å². The minimum atomic E-state index is -1.19. The molecule has 0 unspecified atom stereocenters. The molecule has 118 valence electrons. The number of nitrogens with one attached hydrogen (secondary N) is 1. The topological polar surface area (TPSA) is 64.5 Å². The van der Waals surface area contributed by atoms with Crippen molar-refractivity contribution >= 4 is 11.4 Å². The molecule has 0 amide bonds. The van der Waals surface area contributed by atoms with Crippen LogP contribution in [-0.4, -0.2) is 26.6 Å². The van der Waals surface area contributed by atoms with Crippen LogP contribution in [0.15, 0.2) is 12.1 Å². The minimum absolute atomic E-state index is 0.146. The molecule has 1 heterocycles. The van der Waals surface area contributed by atoms with Crippen molar-refractivity contribution in [3.63, 3.8) is 0 Å². The highest BCUT2D eigenvalue weighted by atomic mass is 32.2. The van der Waals surface area contributed by atoms with Gasteiger partial charge in [-0.1, -0.05) is 0 Å². The standard InChI is InChI=1S/C15H22FNO3S/c1-9(17-21(19)15(2,3)4)13-7-10-5-12(16)6-11(8-18)14(10)20-13/h5-6,9,13,17-18H,7-8H2,1-4H3/t9-,13-,21-/m1/s1. The highest BCUT2D eigenvalue weighted by Crippen LogP contribution is 2.35. The van der Waals surface area contributed by atoms with E-state index in [0.717, 1.165) is 5.56 Å². The average Bonchev–Trinajstić information content (AvgIpc) is 2.80. The van der Waals surface area contributed by atoms with Gasteiger partial charge in [0.1, 0.15) is 22.4 Å². The second-order valence-corrected chi connectivity index (χ2v) is 8.36. The van der Waals surface area contributed by atoms with Crippen molar-refractivity contribution < 1.29 is 18.8 Å². The van der Waals surface area contributed by atoms with Gasteiger partial charge < -0.3 is 14.4 Å². The first-order valence-corrected chi connectivity index (χ1v) is 8.14. The maximum absolute atomic E-state index is 13.5. The molecule has 0 bridgehead atoms. The third-order valence-electron chi connectivity index (χ3n) is 3.48. The first kappa shape index (κ1) is 16.5. The number of fused-ring (bicyclic) bond motifs is 1. The SMILES string of the molecule is C[C@@H](N[S@+]([O-])C(C)(C)C)[C@H]1Cc2cc(F)cc(CO)c2O1. The van der Waals surface area contributed by atoms with E-state index in [9.17, 15) is 14.0 Å². The van der Waals surface area contributed by atoms with Crippen LogP contribution in [-0.2, 0) is 24.4 Å². The van der Waals surface area contributed by atoms with E-state index in [4.69, 9.17) is 4.74 Å². The van der Waals surface area contributed by atoms with Crippen molar-refractivity contribution in [2.45, 2.75) is 57.6 Å². The van der Waals surface area contributed by atoms with E-state index in [-0.39, 0.29) is 29.3 Å². The maximum Gasteiger partial charge on any atom is 0.136 e. The zero-order valence-electron chi connectivity index (χ0n) is 12.8. The van der Waals surface area contributed by atoms with E-state index in [0.29, 0.717) is 17.7 Å². The first-order chi connectivity index (χ1) is 9.72. The smallest absolute Gasteiger partial charge is 0.136 e. The fourth-order valence-electron chi connectivity index (χ4n) is 2.24. The summed E-state index contributed by atoms with van der Waals surface area (Å²) < 4.78 is 34.1. The van der Waals surface area contributed by atoms with Gasteiger partial charge in [0.15, 0.2) is 0 Å². The Hall–Kier alpha value is -0.820. The third kappa shape index (κ3) is 3.69. The highest BCUT2D eigenvalue weighted by Gasteiger charge is 2.35. The number of halogens is 1. The Morgan fingerprint density at radius 3 is 2.76 bits per heavy atom. The molecule has 0 aliphatic carbocycles. The molecule has 6 heteroatoms. The predicted octanol–water partition coefficient (Wildman–Crippen LogP) is 2.06. The van der Waals surface area contributed by atoms with Gasteiger partial charge in [-0.3, -0.25) is 0 Å². The van der Waals surface area contributed by atoms with Gasteiger partial charge in [-0.05, 0) is 39.8 Å². The molecule has 0 saturated carbocycles. The largest absolute Gasteiger partial charge is 0.598 e. The lowest BCUT2D eigenvalue weighted by atomic mass is 10.0. The zero-order valence-corrected chi connectivity index (χ0v) is 13.6. The quantitative estimate of drug-likeness (QED) is 0.835. The number of benzene rings is 1. The Balaban J connectivity index is 2.09. The summed E-state index contributed by atoms with van der Waals surface area (Å²) in [6.07, 6.45) is 0.314. The normalized spacial score (nSPS) is 20.8. The summed E-state index contributed by atoms with van der Waals surface area (Å²) in [6.45, 7) is 7.32. The molecule has 0 fully saturated rings. The van der Waals surface area contributed by atoms with Gasteiger partial charge in [0.25, 0.3) is 0 Å². The highest BCUT2D eigenvalue weighted by molar-refractivity contribution is 7.90. The van der Waals surface area contributed by atoms with E-state index in [2.05, 4.69) is 4.72 Å². The molecule has 21 heavy (non-hydrogen) atoms.